The predicted molar refractivity (Wildman–Crippen MR) is 97.2 cm³/mol. The van der Waals surface area contributed by atoms with Crippen LogP contribution in [0.4, 0.5) is 13.2 Å². The minimum atomic E-state index is -4.36. The highest BCUT2D eigenvalue weighted by Gasteiger charge is 2.37. The highest BCUT2D eigenvalue weighted by atomic mass is 35.5. The molecular formula is C19H26ClF3N2O. The van der Waals surface area contributed by atoms with Gasteiger partial charge in [-0.05, 0) is 69.3 Å². The van der Waals surface area contributed by atoms with Gasteiger partial charge in [-0.25, -0.2) is 0 Å². The van der Waals surface area contributed by atoms with Gasteiger partial charge in [0.15, 0.2) is 0 Å². The third kappa shape index (κ3) is 5.13. The normalized spacial score (nSPS) is 21.2. The highest BCUT2D eigenvalue weighted by Crippen LogP contribution is 2.37. The van der Waals surface area contributed by atoms with Crippen molar-refractivity contribution < 1.29 is 18.0 Å². The van der Waals surface area contributed by atoms with Crippen LogP contribution in [0.25, 0.3) is 0 Å². The van der Waals surface area contributed by atoms with Crippen molar-refractivity contribution in [3.63, 3.8) is 0 Å². The second-order valence-corrected chi connectivity index (χ2v) is 7.23. The topological polar surface area (TPSA) is 32.3 Å². The molecule has 2 atom stereocenters. The van der Waals surface area contributed by atoms with Crippen molar-refractivity contribution >= 4 is 18.3 Å². The van der Waals surface area contributed by atoms with Gasteiger partial charge in [-0.3, -0.25) is 4.79 Å². The van der Waals surface area contributed by atoms with E-state index in [-0.39, 0.29) is 30.4 Å². The van der Waals surface area contributed by atoms with Crippen molar-refractivity contribution in [3.8, 4) is 0 Å². The maximum absolute atomic E-state index is 13.0. The lowest BCUT2D eigenvalue weighted by atomic mass is 10.00. The van der Waals surface area contributed by atoms with Gasteiger partial charge in [0.2, 0.25) is 5.91 Å². The zero-order chi connectivity index (χ0) is 18.0. The molecule has 26 heavy (non-hydrogen) atoms. The number of carbonyl (C=O) groups excluding carboxylic acids is 1. The van der Waals surface area contributed by atoms with Gasteiger partial charge in [0.05, 0.1) is 11.6 Å². The largest absolute Gasteiger partial charge is 0.416 e. The lowest BCUT2D eigenvalue weighted by molar-refractivity contribution is -0.137. The van der Waals surface area contributed by atoms with Gasteiger partial charge in [-0.15, -0.1) is 12.4 Å². The zero-order valence-electron chi connectivity index (χ0n) is 14.9. The number of nitrogens with zero attached hydrogens (tertiary/aromatic N) is 1. The number of halogens is 4. The van der Waals surface area contributed by atoms with Crippen molar-refractivity contribution in [2.24, 2.45) is 5.92 Å². The Balaban J connectivity index is 0.00000243. The smallest absolute Gasteiger partial charge is 0.333 e. The van der Waals surface area contributed by atoms with Crippen molar-refractivity contribution in [1.82, 2.24) is 10.2 Å². The van der Waals surface area contributed by atoms with E-state index in [0.717, 1.165) is 44.8 Å². The number of carbonyl (C=O) groups is 1. The lowest BCUT2D eigenvalue weighted by Crippen LogP contribution is -2.35. The van der Waals surface area contributed by atoms with E-state index in [1.54, 1.807) is 6.07 Å². The molecule has 2 fully saturated rings. The molecule has 1 aliphatic carbocycles. The molecule has 1 saturated heterocycles. The van der Waals surface area contributed by atoms with Crippen LogP contribution in [0.2, 0.25) is 0 Å². The number of hydrogen-bond acceptors (Lipinski definition) is 2. The van der Waals surface area contributed by atoms with E-state index in [1.165, 1.54) is 12.1 Å². The number of benzene rings is 1. The Bertz CT molecular complexity index is 613. The maximum Gasteiger partial charge on any atom is 0.416 e. The summed E-state index contributed by atoms with van der Waals surface area (Å²) >= 11 is 0. The predicted octanol–water partition coefficient (Wildman–Crippen LogP) is 4.57. The first kappa shape index (κ1) is 21.0. The molecule has 0 aromatic heterocycles. The number of rotatable bonds is 6. The second-order valence-electron chi connectivity index (χ2n) is 7.23. The molecule has 0 spiro atoms. The van der Waals surface area contributed by atoms with Gasteiger partial charge in [0, 0.05) is 12.5 Å². The van der Waals surface area contributed by atoms with Crippen LogP contribution in [0.1, 0.15) is 56.2 Å². The molecule has 0 radical (unpaired) electrons. The molecule has 1 aromatic carbocycles. The first-order chi connectivity index (χ1) is 11.9. The Morgan fingerprint density at radius 2 is 2.04 bits per heavy atom. The molecule has 1 N–H and O–H groups in total. The quantitative estimate of drug-likeness (QED) is 0.771. The van der Waals surface area contributed by atoms with Crippen LogP contribution in [-0.2, 0) is 11.0 Å². The van der Waals surface area contributed by atoms with Gasteiger partial charge in [0.25, 0.3) is 0 Å². The summed E-state index contributed by atoms with van der Waals surface area (Å²) in [7, 11) is 0. The first-order valence-electron chi connectivity index (χ1n) is 9.05. The summed E-state index contributed by atoms with van der Waals surface area (Å²) in [5.41, 5.74) is -0.102. The van der Waals surface area contributed by atoms with Gasteiger partial charge < -0.3 is 10.2 Å². The third-order valence-corrected chi connectivity index (χ3v) is 5.27. The fourth-order valence-electron chi connectivity index (χ4n) is 3.64. The van der Waals surface area contributed by atoms with Gasteiger partial charge >= 0.3 is 6.18 Å². The van der Waals surface area contributed by atoms with Crippen LogP contribution in [0.5, 0.6) is 0 Å². The standard InChI is InChI=1S/C19H25F3N2O.ClH/c1-13(15-3-2-4-16(11-15)19(20,21)22)24(17-6-7-17)18(25)8-5-14-9-10-23-12-14;/h2-4,11,13-14,17,23H,5-10,12H2,1H3;1H. The molecule has 1 aromatic rings. The number of amides is 1. The minimum absolute atomic E-state index is 0. The van der Waals surface area contributed by atoms with Crippen LogP contribution in [0.3, 0.4) is 0 Å². The summed E-state index contributed by atoms with van der Waals surface area (Å²) in [5.74, 6) is 0.605. The van der Waals surface area contributed by atoms with E-state index in [2.05, 4.69) is 5.32 Å². The van der Waals surface area contributed by atoms with Gasteiger partial charge in [-0.2, -0.15) is 13.2 Å². The Labute approximate surface area is 158 Å². The van der Waals surface area contributed by atoms with E-state index in [9.17, 15) is 18.0 Å². The van der Waals surface area contributed by atoms with E-state index < -0.39 is 11.7 Å². The molecule has 1 amide bonds. The molecule has 7 heteroatoms. The second kappa shape index (κ2) is 8.61. The molecule has 1 aliphatic heterocycles. The summed E-state index contributed by atoms with van der Waals surface area (Å²) in [6, 6.07) is 5.21. The first-order valence-corrected chi connectivity index (χ1v) is 9.05. The summed E-state index contributed by atoms with van der Waals surface area (Å²) in [4.78, 5) is 14.6. The molecule has 146 valence electrons. The zero-order valence-corrected chi connectivity index (χ0v) is 15.7. The summed E-state index contributed by atoms with van der Waals surface area (Å²) in [6.07, 6.45) is -0.0456. The van der Waals surface area contributed by atoms with Crippen molar-refractivity contribution in [1.29, 1.82) is 0 Å². The average molecular weight is 391 g/mol. The van der Waals surface area contributed by atoms with Crippen LogP contribution >= 0.6 is 12.4 Å². The molecule has 2 unspecified atom stereocenters. The summed E-state index contributed by atoms with van der Waals surface area (Å²) < 4.78 is 38.9. The fraction of sp³-hybridized carbons (Fsp3) is 0.632. The Hall–Kier alpha value is -1.27. The minimum Gasteiger partial charge on any atom is -0.333 e. The van der Waals surface area contributed by atoms with Crippen LogP contribution in [0, 0.1) is 5.92 Å². The number of hydrogen-bond donors (Lipinski definition) is 1. The fourth-order valence-corrected chi connectivity index (χ4v) is 3.64. The van der Waals surface area contributed by atoms with E-state index in [0.29, 0.717) is 17.9 Å². The lowest BCUT2D eigenvalue weighted by Gasteiger charge is -2.30. The molecule has 2 aliphatic rings. The van der Waals surface area contributed by atoms with E-state index >= 15 is 0 Å². The number of alkyl halides is 3. The molecule has 1 saturated carbocycles. The van der Waals surface area contributed by atoms with Gasteiger partial charge in [-0.1, -0.05) is 12.1 Å². The average Bonchev–Trinajstić information content (AvgIpc) is 3.26. The Morgan fingerprint density at radius 3 is 2.62 bits per heavy atom. The van der Waals surface area contributed by atoms with E-state index in [1.807, 2.05) is 11.8 Å². The molecule has 0 bridgehead atoms. The third-order valence-electron chi connectivity index (χ3n) is 5.27. The summed E-state index contributed by atoms with van der Waals surface area (Å²) in [6.45, 7) is 3.80. The SMILES string of the molecule is CC(c1cccc(C(F)(F)F)c1)N(C(=O)CCC1CCNC1)C1CC1.Cl. The van der Waals surface area contributed by atoms with Crippen LogP contribution < -0.4 is 5.32 Å². The van der Waals surface area contributed by atoms with Crippen LogP contribution in [-0.4, -0.2) is 29.9 Å². The molecular weight excluding hydrogens is 365 g/mol. The van der Waals surface area contributed by atoms with Crippen molar-refractivity contribution in [2.45, 2.75) is 57.3 Å². The Kier molecular flexibility index (Phi) is 6.97. The monoisotopic (exact) mass is 390 g/mol. The molecule has 1 heterocycles. The van der Waals surface area contributed by atoms with E-state index in [4.69, 9.17) is 0 Å². The van der Waals surface area contributed by atoms with Crippen molar-refractivity contribution in [3.05, 3.63) is 35.4 Å². The van der Waals surface area contributed by atoms with Crippen LogP contribution in [0.15, 0.2) is 24.3 Å². The highest BCUT2D eigenvalue weighted by molar-refractivity contribution is 5.85. The number of nitrogens with one attached hydrogen (secondary N) is 1. The van der Waals surface area contributed by atoms with Crippen molar-refractivity contribution in [2.75, 3.05) is 13.1 Å². The maximum atomic E-state index is 13.0. The summed E-state index contributed by atoms with van der Waals surface area (Å²) in [5, 5.41) is 3.30. The molecule has 3 rings (SSSR count). The Morgan fingerprint density at radius 1 is 1.31 bits per heavy atom. The molecule has 3 nitrogen and oxygen atoms in total. The van der Waals surface area contributed by atoms with Gasteiger partial charge in [0.1, 0.15) is 0 Å².